The van der Waals surface area contributed by atoms with Gasteiger partial charge in [0.2, 0.25) is 11.1 Å². The van der Waals surface area contributed by atoms with Crippen LogP contribution in [0.4, 0.5) is 0 Å². The lowest BCUT2D eigenvalue weighted by Gasteiger charge is -2.24. The molecule has 0 unspecified atom stereocenters. The van der Waals surface area contributed by atoms with Crippen molar-refractivity contribution < 1.29 is 4.79 Å². The molecule has 1 N–H and O–H groups in total. The Kier molecular flexibility index (Phi) is 4.51. The summed E-state index contributed by atoms with van der Waals surface area (Å²) in [5.74, 6) is 0.870. The maximum atomic E-state index is 11.9. The average molecular weight is 307 g/mol. The Morgan fingerprint density at radius 3 is 2.76 bits per heavy atom. The zero-order valence-corrected chi connectivity index (χ0v) is 13.9. The summed E-state index contributed by atoms with van der Waals surface area (Å²) >= 11 is 1.32. The molecule has 0 bridgehead atoms. The Morgan fingerprint density at radius 1 is 1.38 bits per heavy atom. The summed E-state index contributed by atoms with van der Waals surface area (Å²) in [7, 11) is 0. The van der Waals surface area contributed by atoms with Crippen LogP contribution < -0.4 is 5.32 Å². The van der Waals surface area contributed by atoms with E-state index < -0.39 is 0 Å². The van der Waals surface area contributed by atoms with E-state index in [1.807, 2.05) is 40.7 Å². The van der Waals surface area contributed by atoms with Crippen LogP contribution in [0.5, 0.6) is 0 Å². The van der Waals surface area contributed by atoms with Crippen LogP contribution in [-0.2, 0) is 4.79 Å². The first-order valence-electron chi connectivity index (χ1n) is 6.95. The molecule has 0 aliphatic carbocycles. The highest BCUT2D eigenvalue weighted by atomic mass is 32.2. The van der Waals surface area contributed by atoms with Crippen molar-refractivity contribution in [1.29, 1.82) is 0 Å². The molecule has 0 atom stereocenters. The van der Waals surface area contributed by atoms with Crippen molar-refractivity contribution in [3.8, 4) is 0 Å². The summed E-state index contributed by atoms with van der Waals surface area (Å²) in [5.41, 5.74) is 1.71. The molecule has 2 aromatic rings. The molecule has 0 radical (unpaired) electrons. The minimum Gasteiger partial charge on any atom is -0.351 e. The maximum Gasteiger partial charge on any atom is 0.253 e. The second-order valence-electron chi connectivity index (χ2n) is 5.72. The second kappa shape index (κ2) is 6.01. The lowest BCUT2D eigenvalue weighted by molar-refractivity contribution is -0.120. The van der Waals surface area contributed by atoms with Gasteiger partial charge in [-0.15, -0.1) is 5.10 Å². The molecule has 0 aromatic carbocycles. The Hall–Kier alpha value is -1.63. The SMILES string of the molecule is CCC(C)(C)NC(=O)CSc1nc2nc(C)cc(C)n2n1. The van der Waals surface area contributed by atoms with Crippen molar-refractivity contribution in [2.75, 3.05) is 5.75 Å². The topological polar surface area (TPSA) is 72.2 Å². The minimum absolute atomic E-state index is 0.00781. The smallest absolute Gasteiger partial charge is 0.253 e. The molecule has 114 valence electrons. The van der Waals surface area contributed by atoms with E-state index in [4.69, 9.17) is 0 Å². The van der Waals surface area contributed by atoms with Crippen LogP contribution in [0.2, 0.25) is 0 Å². The van der Waals surface area contributed by atoms with Gasteiger partial charge < -0.3 is 5.32 Å². The van der Waals surface area contributed by atoms with Crippen molar-refractivity contribution in [3.63, 3.8) is 0 Å². The number of carbonyl (C=O) groups excluding carboxylic acids is 1. The first-order valence-corrected chi connectivity index (χ1v) is 7.94. The molecule has 1 amide bonds. The van der Waals surface area contributed by atoms with Crippen LogP contribution in [0.1, 0.15) is 38.6 Å². The number of thioether (sulfide) groups is 1. The molecule has 7 heteroatoms. The molecule has 21 heavy (non-hydrogen) atoms. The summed E-state index contributed by atoms with van der Waals surface area (Å²) in [4.78, 5) is 20.6. The van der Waals surface area contributed by atoms with Crippen molar-refractivity contribution >= 4 is 23.4 Å². The van der Waals surface area contributed by atoms with Gasteiger partial charge in [-0.3, -0.25) is 4.79 Å². The number of aryl methyl sites for hydroxylation is 2. The number of nitrogens with one attached hydrogen (secondary N) is 1. The third kappa shape index (κ3) is 3.93. The zero-order chi connectivity index (χ0) is 15.6. The maximum absolute atomic E-state index is 11.9. The average Bonchev–Trinajstić information content (AvgIpc) is 2.79. The van der Waals surface area contributed by atoms with Gasteiger partial charge in [-0.2, -0.15) is 4.98 Å². The highest BCUT2D eigenvalue weighted by Gasteiger charge is 2.18. The predicted octanol–water partition coefficient (Wildman–Crippen LogP) is 2.14. The standard InChI is InChI=1S/C14H21N5OS/c1-6-14(4,5)17-11(20)8-21-13-16-12-15-9(2)7-10(3)19(12)18-13/h7H,6,8H2,1-5H3,(H,17,20). The van der Waals surface area contributed by atoms with E-state index in [1.165, 1.54) is 11.8 Å². The molecule has 6 nitrogen and oxygen atoms in total. The Balaban J connectivity index is 2.04. The Bertz CT molecular complexity index is 665. The number of nitrogens with zero attached hydrogens (tertiary/aromatic N) is 4. The van der Waals surface area contributed by atoms with E-state index in [0.717, 1.165) is 17.8 Å². The van der Waals surface area contributed by atoms with Crippen LogP contribution in [0.25, 0.3) is 5.78 Å². The predicted molar refractivity (Wildman–Crippen MR) is 83.5 cm³/mol. The number of rotatable bonds is 5. The molecule has 0 saturated heterocycles. The highest BCUT2D eigenvalue weighted by Crippen LogP contribution is 2.16. The van der Waals surface area contributed by atoms with Gasteiger partial charge in [-0.25, -0.2) is 9.50 Å². The van der Waals surface area contributed by atoms with Crippen molar-refractivity contribution in [3.05, 3.63) is 17.5 Å². The lowest BCUT2D eigenvalue weighted by Crippen LogP contribution is -2.43. The zero-order valence-electron chi connectivity index (χ0n) is 13.1. The van der Waals surface area contributed by atoms with Crippen molar-refractivity contribution in [2.24, 2.45) is 0 Å². The summed E-state index contributed by atoms with van der Waals surface area (Å²) in [6, 6.07) is 1.95. The van der Waals surface area contributed by atoms with Gasteiger partial charge in [0.1, 0.15) is 0 Å². The molecule has 2 rings (SSSR count). The van der Waals surface area contributed by atoms with Crippen LogP contribution >= 0.6 is 11.8 Å². The summed E-state index contributed by atoms with van der Waals surface area (Å²) in [6.07, 6.45) is 0.887. The van der Waals surface area contributed by atoms with Crippen LogP contribution in [0.3, 0.4) is 0 Å². The Morgan fingerprint density at radius 2 is 2.10 bits per heavy atom. The summed E-state index contributed by atoms with van der Waals surface area (Å²) in [6.45, 7) is 9.95. The number of carbonyl (C=O) groups is 1. The van der Waals surface area contributed by atoms with Gasteiger partial charge >= 0.3 is 0 Å². The van der Waals surface area contributed by atoms with E-state index >= 15 is 0 Å². The molecule has 0 saturated carbocycles. The third-order valence-electron chi connectivity index (χ3n) is 3.29. The van der Waals surface area contributed by atoms with Crippen LogP contribution in [0.15, 0.2) is 11.2 Å². The highest BCUT2D eigenvalue weighted by molar-refractivity contribution is 7.99. The molecule has 0 spiro atoms. The van der Waals surface area contributed by atoms with Gasteiger partial charge in [-0.05, 0) is 40.2 Å². The van der Waals surface area contributed by atoms with Gasteiger partial charge in [0, 0.05) is 16.9 Å². The summed E-state index contributed by atoms with van der Waals surface area (Å²) < 4.78 is 1.70. The van der Waals surface area contributed by atoms with Crippen LogP contribution in [0, 0.1) is 13.8 Å². The van der Waals surface area contributed by atoms with Crippen molar-refractivity contribution in [1.82, 2.24) is 24.9 Å². The van der Waals surface area contributed by atoms with E-state index in [2.05, 4.69) is 20.4 Å². The first-order chi connectivity index (χ1) is 9.80. The molecule has 0 aliphatic rings. The first kappa shape index (κ1) is 15.8. The molecule has 0 fully saturated rings. The van der Waals surface area contributed by atoms with Gasteiger partial charge in [0.15, 0.2) is 0 Å². The summed E-state index contributed by atoms with van der Waals surface area (Å²) in [5, 5.41) is 7.93. The van der Waals surface area contributed by atoms with Crippen LogP contribution in [-0.4, -0.2) is 36.8 Å². The van der Waals surface area contributed by atoms with E-state index in [0.29, 0.717) is 16.7 Å². The number of hydrogen-bond donors (Lipinski definition) is 1. The van der Waals surface area contributed by atoms with Gasteiger partial charge in [0.05, 0.1) is 5.75 Å². The lowest BCUT2D eigenvalue weighted by atomic mass is 10.0. The monoisotopic (exact) mass is 307 g/mol. The minimum atomic E-state index is -0.181. The molecule has 0 aliphatic heterocycles. The normalized spacial score (nSPS) is 11.9. The number of aromatic nitrogens is 4. The van der Waals surface area contributed by atoms with E-state index in [-0.39, 0.29) is 11.4 Å². The fraction of sp³-hybridized carbons (Fsp3) is 0.571. The van der Waals surface area contributed by atoms with E-state index in [9.17, 15) is 4.79 Å². The largest absolute Gasteiger partial charge is 0.351 e. The molecule has 2 heterocycles. The third-order valence-corrected chi connectivity index (χ3v) is 4.13. The number of hydrogen-bond acceptors (Lipinski definition) is 5. The van der Waals surface area contributed by atoms with Crippen molar-refractivity contribution in [2.45, 2.75) is 51.7 Å². The molecule has 2 aromatic heterocycles. The number of amides is 1. The Labute approximate surface area is 128 Å². The van der Waals surface area contributed by atoms with E-state index in [1.54, 1.807) is 4.52 Å². The fourth-order valence-corrected chi connectivity index (χ4v) is 2.46. The van der Waals surface area contributed by atoms with Gasteiger partial charge in [-0.1, -0.05) is 18.7 Å². The molecular weight excluding hydrogens is 286 g/mol. The number of fused-ring (bicyclic) bond motifs is 1. The second-order valence-corrected chi connectivity index (χ2v) is 6.66. The quantitative estimate of drug-likeness (QED) is 0.857. The molecular formula is C14H21N5OS. The fourth-order valence-electron chi connectivity index (χ4n) is 1.84. The van der Waals surface area contributed by atoms with Gasteiger partial charge in [0.25, 0.3) is 5.78 Å².